The van der Waals surface area contributed by atoms with Crippen molar-refractivity contribution in [2.45, 2.75) is 20.8 Å². The van der Waals surface area contributed by atoms with Gasteiger partial charge < -0.3 is 9.80 Å². The number of hydrogen-bond donors (Lipinski definition) is 0. The van der Waals surface area contributed by atoms with E-state index in [0.29, 0.717) is 0 Å². The molecule has 0 unspecified atom stereocenters. The Morgan fingerprint density at radius 2 is 1.52 bits per heavy atom. The van der Waals surface area contributed by atoms with Crippen LogP contribution in [0.15, 0.2) is 24.3 Å². The molecule has 138 valence electrons. The van der Waals surface area contributed by atoms with E-state index in [1.807, 2.05) is 43.5 Å². The first-order valence-corrected chi connectivity index (χ1v) is 9.11. The molecule has 0 amide bonds. The van der Waals surface area contributed by atoms with Gasteiger partial charge in [0.15, 0.2) is 17.1 Å². The fourth-order valence-corrected chi connectivity index (χ4v) is 3.64. The van der Waals surface area contributed by atoms with Crippen LogP contribution >= 0.6 is 0 Å². The number of aryl methyl sites for hydroxylation is 3. The van der Waals surface area contributed by atoms with E-state index in [9.17, 15) is 0 Å². The van der Waals surface area contributed by atoms with Crippen molar-refractivity contribution in [1.29, 1.82) is 0 Å². The zero-order valence-electron chi connectivity index (χ0n) is 15.7. The topological polar surface area (TPSA) is 79.8 Å². The Hall–Kier alpha value is -3.23. The first-order valence-electron chi connectivity index (χ1n) is 9.11. The molecule has 0 bridgehead atoms. The molecular formula is C18H21N9. The molecule has 0 radical (unpaired) electrons. The molecule has 0 aromatic carbocycles. The lowest BCUT2D eigenvalue weighted by Gasteiger charge is -2.36. The number of fused-ring (bicyclic) bond motifs is 2. The van der Waals surface area contributed by atoms with E-state index in [1.165, 1.54) is 0 Å². The summed E-state index contributed by atoms with van der Waals surface area (Å²) in [5, 5.41) is 17.5. The molecule has 0 atom stereocenters. The van der Waals surface area contributed by atoms with E-state index in [2.05, 4.69) is 36.1 Å². The average Bonchev–Trinajstić information content (AvgIpc) is 3.23. The van der Waals surface area contributed by atoms with Crippen molar-refractivity contribution in [3.63, 3.8) is 0 Å². The molecule has 1 fully saturated rings. The molecule has 27 heavy (non-hydrogen) atoms. The van der Waals surface area contributed by atoms with Crippen LogP contribution in [-0.2, 0) is 0 Å². The van der Waals surface area contributed by atoms with Gasteiger partial charge in [-0.25, -0.2) is 4.98 Å². The lowest BCUT2D eigenvalue weighted by Crippen LogP contribution is -2.47. The quantitative estimate of drug-likeness (QED) is 0.533. The number of aromatic nitrogens is 7. The molecule has 4 aromatic rings. The molecule has 0 saturated carbocycles. The van der Waals surface area contributed by atoms with Gasteiger partial charge in [0.2, 0.25) is 0 Å². The summed E-state index contributed by atoms with van der Waals surface area (Å²) in [7, 11) is 0. The molecule has 4 aromatic heterocycles. The van der Waals surface area contributed by atoms with Crippen molar-refractivity contribution >= 4 is 22.9 Å². The molecule has 0 spiro atoms. The van der Waals surface area contributed by atoms with Gasteiger partial charge in [0.1, 0.15) is 11.6 Å². The van der Waals surface area contributed by atoms with Crippen molar-refractivity contribution < 1.29 is 0 Å². The van der Waals surface area contributed by atoms with Crippen LogP contribution in [0.4, 0.5) is 11.6 Å². The van der Waals surface area contributed by atoms with Crippen LogP contribution in [0.3, 0.4) is 0 Å². The van der Waals surface area contributed by atoms with Crippen LogP contribution < -0.4 is 9.80 Å². The summed E-state index contributed by atoms with van der Waals surface area (Å²) in [6.45, 7) is 9.53. The average molecular weight is 363 g/mol. The molecule has 0 N–H and O–H groups in total. The first-order chi connectivity index (χ1) is 13.1. The standard InChI is InChI=1S/C18H21N9/c1-12-11-18(27-17(19-12)10-13(2)22-27)25-8-6-24(7-9-25)16-5-4-15-21-20-14(3)26(15)23-16/h4-5,10-11H,6-9H2,1-3H3. The van der Waals surface area contributed by atoms with Crippen LogP contribution in [0.2, 0.25) is 0 Å². The number of piperazine rings is 1. The Kier molecular flexibility index (Phi) is 3.49. The minimum Gasteiger partial charge on any atom is -0.353 e. The zero-order chi connectivity index (χ0) is 18.5. The molecule has 5 rings (SSSR count). The van der Waals surface area contributed by atoms with Crippen LogP contribution in [0.1, 0.15) is 17.2 Å². The third-order valence-electron chi connectivity index (χ3n) is 4.99. The highest BCUT2D eigenvalue weighted by Gasteiger charge is 2.21. The van der Waals surface area contributed by atoms with Crippen molar-refractivity contribution in [3.05, 3.63) is 41.5 Å². The second-order valence-electron chi connectivity index (χ2n) is 6.99. The Bertz CT molecular complexity index is 1130. The lowest BCUT2D eigenvalue weighted by atomic mass is 10.3. The van der Waals surface area contributed by atoms with Gasteiger partial charge in [-0.3, -0.25) is 0 Å². The molecular weight excluding hydrogens is 342 g/mol. The van der Waals surface area contributed by atoms with E-state index >= 15 is 0 Å². The number of nitrogens with zero attached hydrogens (tertiary/aromatic N) is 9. The molecule has 0 aliphatic carbocycles. The summed E-state index contributed by atoms with van der Waals surface area (Å²) in [4.78, 5) is 9.25. The largest absolute Gasteiger partial charge is 0.353 e. The summed E-state index contributed by atoms with van der Waals surface area (Å²) in [6.07, 6.45) is 0. The summed E-state index contributed by atoms with van der Waals surface area (Å²) in [6, 6.07) is 8.12. The molecule has 5 heterocycles. The van der Waals surface area contributed by atoms with Crippen molar-refractivity contribution in [3.8, 4) is 0 Å². The summed E-state index contributed by atoms with van der Waals surface area (Å²) >= 11 is 0. The molecule has 1 saturated heterocycles. The maximum Gasteiger partial charge on any atom is 0.178 e. The van der Waals surface area contributed by atoms with Gasteiger partial charge in [-0.1, -0.05) is 0 Å². The maximum atomic E-state index is 4.70. The third kappa shape index (κ3) is 2.66. The van der Waals surface area contributed by atoms with Crippen LogP contribution in [0.25, 0.3) is 11.3 Å². The van der Waals surface area contributed by atoms with Crippen molar-refractivity contribution in [2.75, 3.05) is 36.0 Å². The minimum atomic E-state index is 0.776. The molecule has 1 aliphatic rings. The minimum absolute atomic E-state index is 0.776. The number of rotatable bonds is 2. The Balaban J connectivity index is 1.40. The van der Waals surface area contributed by atoms with E-state index in [0.717, 1.165) is 66.3 Å². The van der Waals surface area contributed by atoms with Crippen LogP contribution in [0.5, 0.6) is 0 Å². The lowest BCUT2D eigenvalue weighted by molar-refractivity contribution is 0.627. The Labute approximate surface area is 156 Å². The molecule has 1 aliphatic heterocycles. The van der Waals surface area contributed by atoms with Crippen molar-refractivity contribution in [1.82, 2.24) is 34.4 Å². The van der Waals surface area contributed by atoms with Crippen LogP contribution in [0, 0.1) is 20.8 Å². The van der Waals surface area contributed by atoms with Gasteiger partial charge in [0.25, 0.3) is 0 Å². The third-order valence-corrected chi connectivity index (χ3v) is 4.99. The highest BCUT2D eigenvalue weighted by molar-refractivity contribution is 5.53. The molecule has 9 heteroatoms. The van der Waals surface area contributed by atoms with Gasteiger partial charge in [0, 0.05) is 44.0 Å². The summed E-state index contributed by atoms with van der Waals surface area (Å²) in [5.74, 6) is 2.86. The SMILES string of the molecule is Cc1cc(N2CCN(c3ccc4nnc(C)n4n3)CC2)n2nc(C)cc2n1. The van der Waals surface area contributed by atoms with Crippen LogP contribution in [-0.4, -0.2) is 60.6 Å². The predicted molar refractivity (Wildman–Crippen MR) is 102 cm³/mol. The second-order valence-corrected chi connectivity index (χ2v) is 6.99. The first kappa shape index (κ1) is 16.0. The van der Waals surface area contributed by atoms with Gasteiger partial charge >= 0.3 is 0 Å². The fourth-order valence-electron chi connectivity index (χ4n) is 3.64. The normalized spacial score (nSPS) is 15.2. The van der Waals surface area contributed by atoms with Gasteiger partial charge in [0.05, 0.1) is 5.69 Å². The van der Waals surface area contributed by atoms with E-state index in [4.69, 9.17) is 5.10 Å². The Morgan fingerprint density at radius 3 is 2.33 bits per heavy atom. The fraction of sp³-hybridized carbons (Fsp3) is 0.389. The monoisotopic (exact) mass is 363 g/mol. The summed E-state index contributed by atoms with van der Waals surface area (Å²) in [5.41, 5.74) is 3.67. The van der Waals surface area contributed by atoms with E-state index in [1.54, 1.807) is 4.52 Å². The zero-order valence-corrected chi connectivity index (χ0v) is 15.7. The van der Waals surface area contributed by atoms with Gasteiger partial charge in [-0.2, -0.15) is 14.1 Å². The van der Waals surface area contributed by atoms with E-state index in [-0.39, 0.29) is 0 Å². The van der Waals surface area contributed by atoms with Gasteiger partial charge in [-0.15, -0.1) is 15.3 Å². The summed E-state index contributed by atoms with van der Waals surface area (Å²) < 4.78 is 3.74. The predicted octanol–water partition coefficient (Wildman–Crippen LogP) is 1.42. The second kappa shape index (κ2) is 5.90. The smallest absolute Gasteiger partial charge is 0.178 e. The van der Waals surface area contributed by atoms with E-state index < -0.39 is 0 Å². The maximum absolute atomic E-state index is 4.70. The highest BCUT2D eigenvalue weighted by atomic mass is 15.4. The highest BCUT2D eigenvalue weighted by Crippen LogP contribution is 2.21. The van der Waals surface area contributed by atoms with Crippen molar-refractivity contribution in [2.24, 2.45) is 0 Å². The molecule has 9 nitrogen and oxygen atoms in total. The number of anilines is 2. The number of hydrogen-bond acceptors (Lipinski definition) is 7. The van der Waals surface area contributed by atoms with Gasteiger partial charge in [-0.05, 0) is 32.9 Å². The Morgan fingerprint density at radius 1 is 0.741 bits per heavy atom.